The maximum absolute atomic E-state index is 12.3. The van der Waals surface area contributed by atoms with E-state index in [1.54, 1.807) is 12.3 Å². The summed E-state index contributed by atoms with van der Waals surface area (Å²) in [4.78, 5) is 20.9. The first-order chi connectivity index (χ1) is 13.6. The van der Waals surface area contributed by atoms with Gasteiger partial charge < -0.3 is 14.5 Å². The lowest BCUT2D eigenvalue weighted by atomic mass is 10.1. The molecule has 0 unspecified atom stereocenters. The van der Waals surface area contributed by atoms with E-state index in [1.165, 1.54) is 0 Å². The topological polar surface area (TPSA) is 77.2 Å². The molecule has 0 aliphatic heterocycles. The number of nitrogens with one attached hydrogen (secondary N) is 1. The fraction of sp³-hybridized carbons (Fsp3) is 0.136. The van der Waals surface area contributed by atoms with Gasteiger partial charge in [0, 0.05) is 17.4 Å². The number of rotatable bonds is 5. The molecule has 0 bridgehead atoms. The molecule has 140 valence electrons. The fourth-order valence-electron chi connectivity index (χ4n) is 2.82. The second-order valence-electron chi connectivity index (χ2n) is 6.53. The summed E-state index contributed by atoms with van der Waals surface area (Å²) in [6, 6.07) is 16.9. The third-order valence-electron chi connectivity index (χ3n) is 4.28. The molecule has 6 heteroatoms. The zero-order chi connectivity index (χ0) is 19.5. The lowest BCUT2D eigenvalue weighted by Gasteiger charge is -2.11. The normalized spacial score (nSPS) is 10.8. The molecule has 0 saturated heterocycles. The number of carbonyl (C=O) groups is 1. The Labute approximate surface area is 162 Å². The molecule has 1 amide bonds. The van der Waals surface area contributed by atoms with E-state index in [1.807, 2.05) is 62.4 Å². The molecule has 2 heterocycles. The largest absolute Gasteiger partial charge is 0.484 e. The molecule has 2 aromatic carbocycles. The van der Waals surface area contributed by atoms with Gasteiger partial charge in [-0.2, -0.15) is 4.98 Å². The van der Waals surface area contributed by atoms with Gasteiger partial charge in [-0.3, -0.25) is 4.79 Å². The van der Waals surface area contributed by atoms with E-state index < -0.39 is 0 Å². The molecule has 0 fully saturated rings. The van der Waals surface area contributed by atoms with Crippen molar-refractivity contribution >= 4 is 22.8 Å². The Kier molecular flexibility index (Phi) is 4.76. The molecule has 0 aliphatic rings. The third kappa shape index (κ3) is 3.86. The van der Waals surface area contributed by atoms with Crippen molar-refractivity contribution in [2.45, 2.75) is 13.8 Å². The predicted octanol–water partition coefficient (Wildman–Crippen LogP) is 4.52. The van der Waals surface area contributed by atoms with Crippen LogP contribution in [0.2, 0.25) is 0 Å². The van der Waals surface area contributed by atoms with Gasteiger partial charge in [-0.1, -0.05) is 18.2 Å². The van der Waals surface area contributed by atoms with Crippen molar-refractivity contribution in [1.29, 1.82) is 0 Å². The number of aryl methyl sites for hydroxylation is 2. The minimum absolute atomic E-state index is 0.0695. The van der Waals surface area contributed by atoms with Crippen LogP contribution in [0, 0.1) is 13.8 Å². The van der Waals surface area contributed by atoms with E-state index in [9.17, 15) is 4.79 Å². The molecule has 0 atom stereocenters. The first kappa shape index (κ1) is 17.7. The summed E-state index contributed by atoms with van der Waals surface area (Å²) < 4.78 is 11.3. The van der Waals surface area contributed by atoms with Gasteiger partial charge in [-0.15, -0.1) is 0 Å². The number of ether oxygens (including phenoxy) is 1. The van der Waals surface area contributed by atoms with Crippen molar-refractivity contribution in [2.75, 3.05) is 11.9 Å². The molecule has 4 aromatic rings. The van der Waals surface area contributed by atoms with Crippen molar-refractivity contribution in [3.8, 4) is 17.2 Å². The number of anilines is 1. The molecule has 0 spiro atoms. The summed E-state index contributed by atoms with van der Waals surface area (Å²) >= 11 is 0. The summed E-state index contributed by atoms with van der Waals surface area (Å²) in [6.45, 7) is 3.83. The van der Waals surface area contributed by atoms with E-state index in [0.29, 0.717) is 28.6 Å². The SMILES string of the molecule is Cc1cccc(OCC(=O)Nc2cc(-c3nc4ncccc4o3)ccc2C)c1. The van der Waals surface area contributed by atoms with Crippen molar-refractivity contribution in [2.24, 2.45) is 0 Å². The van der Waals surface area contributed by atoms with Crippen LogP contribution in [0.3, 0.4) is 0 Å². The molecule has 4 rings (SSSR count). The van der Waals surface area contributed by atoms with Crippen LogP contribution in [0.5, 0.6) is 5.75 Å². The number of hydrogen-bond donors (Lipinski definition) is 1. The monoisotopic (exact) mass is 373 g/mol. The third-order valence-corrected chi connectivity index (χ3v) is 4.28. The highest BCUT2D eigenvalue weighted by atomic mass is 16.5. The highest BCUT2D eigenvalue weighted by Gasteiger charge is 2.12. The number of pyridine rings is 1. The van der Waals surface area contributed by atoms with Gasteiger partial charge in [-0.25, -0.2) is 4.98 Å². The van der Waals surface area contributed by atoms with Crippen LogP contribution in [-0.2, 0) is 4.79 Å². The molecular formula is C22H19N3O3. The minimum Gasteiger partial charge on any atom is -0.484 e. The standard InChI is InChI=1S/C22H19N3O3/c1-14-5-3-6-17(11-14)27-13-20(26)24-18-12-16(9-8-15(18)2)22-25-21-19(28-22)7-4-10-23-21/h3-12H,13H2,1-2H3,(H,24,26). The molecule has 0 aliphatic carbocycles. The molecule has 6 nitrogen and oxygen atoms in total. The Morgan fingerprint density at radius 1 is 1.11 bits per heavy atom. The number of hydrogen-bond acceptors (Lipinski definition) is 5. The summed E-state index contributed by atoms with van der Waals surface area (Å²) in [5.74, 6) is 0.890. The molecule has 2 aromatic heterocycles. The van der Waals surface area contributed by atoms with Gasteiger partial charge in [-0.05, 0) is 61.4 Å². The van der Waals surface area contributed by atoms with E-state index in [4.69, 9.17) is 9.15 Å². The number of carbonyl (C=O) groups excluding carboxylic acids is 1. The summed E-state index contributed by atoms with van der Waals surface area (Å²) in [7, 11) is 0. The van der Waals surface area contributed by atoms with Gasteiger partial charge in [0.1, 0.15) is 5.75 Å². The van der Waals surface area contributed by atoms with Crippen LogP contribution < -0.4 is 10.1 Å². The maximum Gasteiger partial charge on any atom is 0.262 e. The van der Waals surface area contributed by atoms with Crippen LogP contribution >= 0.6 is 0 Å². The van der Waals surface area contributed by atoms with Crippen LogP contribution in [-0.4, -0.2) is 22.5 Å². The number of nitrogens with zero attached hydrogens (tertiary/aromatic N) is 2. The number of oxazole rings is 1. The Morgan fingerprint density at radius 2 is 2.00 bits per heavy atom. The van der Waals surface area contributed by atoms with Crippen LogP contribution in [0.4, 0.5) is 5.69 Å². The van der Waals surface area contributed by atoms with E-state index in [2.05, 4.69) is 15.3 Å². The number of benzene rings is 2. The average molecular weight is 373 g/mol. The van der Waals surface area contributed by atoms with Gasteiger partial charge in [0.15, 0.2) is 17.8 Å². The lowest BCUT2D eigenvalue weighted by molar-refractivity contribution is -0.118. The van der Waals surface area contributed by atoms with E-state index in [0.717, 1.165) is 16.7 Å². The van der Waals surface area contributed by atoms with Gasteiger partial charge in [0.05, 0.1) is 0 Å². The van der Waals surface area contributed by atoms with Crippen molar-refractivity contribution in [3.63, 3.8) is 0 Å². The highest BCUT2D eigenvalue weighted by molar-refractivity contribution is 5.93. The quantitative estimate of drug-likeness (QED) is 0.556. The van der Waals surface area contributed by atoms with Crippen molar-refractivity contribution in [3.05, 3.63) is 71.9 Å². The molecule has 1 N–H and O–H groups in total. The Hall–Kier alpha value is -3.67. The van der Waals surface area contributed by atoms with Crippen molar-refractivity contribution < 1.29 is 13.9 Å². The Morgan fingerprint density at radius 3 is 2.82 bits per heavy atom. The Balaban J connectivity index is 1.49. The maximum atomic E-state index is 12.3. The van der Waals surface area contributed by atoms with Crippen LogP contribution in [0.1, 0.15) is 11.1 Å². The summed E-state index contributed by atoms with van der Waals surface area (Å²) in [5.41, 5.74) is 4.63. The highest BCUT2D eigenvalue weighted by Crippen LogP contribution is 2.27. The predicted molar refractivity (Wildman–Crippen MR) is 107 cm³/mol. The molecule has 0 radical (unpaired) electrons. The Bertz CT molecular complexity index is 1120. The first-order valence-corrected chi connectivity index (χ1v) is 8.90. The summed E-state index contributed by atoms with van der Waals surface area (Å²) in [5, 5.41) is 2.89. The van der Waals surface area contributed by atoms with Crippen molar-refractivity contribution in [1.82, 2.24) is 9.97 Å². The van der Waals surface area contributed by atoms with Gasteiger partial charge >= 0.3 is 0 Å². The van der Waals surface area contributed by atoms with E-state index in [-0.39, 0.29) is 12.5 Å². The zero-order valence-electron chi connectivity index (χ0n) is 15.6. The smallest absolute Gasteiger partial charge is 0.262 e. The summed E-state index contributed by atoms with van der Waals surface area (Å²) in [6.07, 6.45) is 1.67. The van der Waals surface area contributed by atoms with Crippen LogP contribution in [0.25, 0.3) is 22.7 Å². The minimum atomic E-state index is -0.235. The molecular weight excluding hydrogens is 354 g/mol. The zero-order valence-corrected chi connectivity index (χ0v) is 15.6. The van der Waals surface area contributed by atoms with Crippen LogP contribution in [0.15, 0.2) is 65.2 Å². The van der Waals surface area contributed by atoms with Gasteiger partial charge in [0.2, 0.25) is 5.89 Å². The molecule has 0 saturated carbocycles. The number of fused-ring (bicyclic) bond motifs is 1. The molecule has 28 heavy (non-hydrogen) atoms. The van der Waals surface area contributed by atoms with Gasteiger partial charge in [0.25, 0.3) is 5.91 Å². The average Bonchev–Trinajstić information content (AvgIpc) is 3.12. The number of amides is 1. The first-order valence-electron chi connectivity index (χ1n) is 8.90. The second-order valence-corrected chi connectivity index (χ2v) is 6.53. The lowest BCUT2D eigenvalue weighted by Crippen LogP contribution is -2.20. The fourth-order valence-corrected chi connectivity index (χ4v) is 2.82. The number of aromatic nitrogens is 2. The van der Waals surface area contributed by atoms with E-state index >= 15 is 0 Å². The second kappa shape index (κ2) is 7.52.